The second kappa shape index (κ2) is 4.17. The van der Waals surface area contributed by atoms with Gasteiger partial charge < -0.3 is 0 Å². The van der Waals surface area contributed by atoms with Crippen molar-refractivity contribution in [2.45, 2.75) is 55.6 Å². The van der Waals surface area contributed by atoms with E-state index in [1.807, 2.05) is 6.92 Å². The van der Waals surface area contributed by atoms with Crippen molar-refractivity contribution in [1.29, 1.82) is 0 Å². The zero-order valence-corrected chi connectivity index (χ0v) is 11.6. The normalized spacial score (nSPS) is 33.7. The smallest absolute Gasteiger partial charge is 0.246 e. The lowest BCUT2D eigenvalue weighted by atomic mass is 9.88. The van der Waals surface area contributed by atoms with E-state index in [0.29, 0.717) is 6.54 Å². The van der Waals surface area contributed by atoms with Crippen LogP contribution in [0.4, 0.5) is 0 Å². The van der Waals surface area contributed by atoms with Crippen molar-refractivity contribution in [2.75, 3.05) is 0 Å². The molecule has 1 aromatic rings. The number of alkyl halides is 2. The summed E-state index contributed by atoms with van der Waals surface area (Å²) in [5.74, 6) is 0. The van der Waals surface area contributed by atoms with Gasteiger partial charge in [0, 0.05) is 6.54 Å². The van der Waals surface area contributed by atoms with Crippen molar-refractivity contribution in [3.8, 4) is 0 Å². The number of rotatable bonds is 2. The first-order chi connectivity index (χ1) is 8.57. The molecule has 7 heteroatoms. The molecule has 0 saturated heterocycles. The monoisotopic (exact) mass is 291 g/mol. The average Bonchev–Trinajstić information content (AvgIpc) is 2.62. The summed E-state index contributed by atoms with van der Waals surface area (Å²) in [7, 11) is 0. The number of halogens is 2. The second-order valence-electron chi connectivity index (χ2n) is 5.01. The first kappa shape index (κ1) is 12.4. The van der Waals surface area contributed by atoms with Crippen LogP contribution in [0.15, 0.2) is 9.59 Å². The Morgan fingerprint density at radius 3 is 1.89 bits per heavy atom. The summed E-state index contributed by atoms with van der Waals surface area (Å²) < 4.78 is 4.36. The molecule has 4 atom stereocenters. The van der Waals surface area contributed by atoms with Crippen LogP contribution in [-0.4, -0.2) is 24.7 Å². The van der Waals surface area contributed by atoms with E-state index in [4.69, 9.17) is 23.2 Å². The van der Waals surface area contributed by atoms with E-state index in [9.17, 15) is 9.59 Å². The van der Waals surface area contributed by atoms with E-state index in [-0.39, 0.29) is 34.2 Å². The van der Waals surface area contributed by atoms with Gasteiger partial charge in [-0.05, 0) is 19.3 Å². The van der Waals surface area contributed by atoms with Crippen molar-refractivity contribution in [3.63, 3.8) is 0 Å². The van der Waals surface area contributed by atoms with Crippen LogP contribution in [0.5, 0.6) is 0 Å². The Hall–Kier alpha value is -0.680. The summed E-state index contributed by atoms with van der Waals surface area (Å²) in [5.41, 5.74) is -0.489. The van der Waals surface area contributed by atoms with Crippen LogP contribution in [-0.2, 0) is 6.54 Å². The molecule has 4 rings (SSSR count). The van der Waals surface area contributed by atoms with Gasteiger partial charge in [0.05, 0.1) is 22.8 Å². The summed E-state index contributed by atoms with van der Waals surface area (Å²) in [4.78, 5) is 24.5. The number of aromatic nitrogens is 3. The summed E-state index contributed by atoms with van der Waals surface area (Å²) >= 11 is 12.6. The molecule has 1 aliphatic carbocycles. The highest BCUT2D eigenvalue weighted by molar-refractivity contribution is 6.30. The van der Waals surface area contributed by atoms with Gasteiger partial charge in [0.1, 0.15) is 0 Å². The lowest BCUT2D eigenvalue weighted by Crippen LogP contribution is -2.52. The predicted octanol–water partition coefficient (Wildman–Crippen LogP) is 1.33. The SMILES string of the molecule is CCCn1c(=O)n2n(c1=O)[C@H]1CC[C@@H]2[C@@H](Cl)[C@@H]1Cl. The molecular weight excluding hydrogens is 277 g/mol. The Kier molecular flexibility index (Phi) is 2.86. The molecule has 2 bridgehead atoms. The highest BCUT2D eigenvalue weighted by Gasteiger charge is 2.48. The van der Waals surface area contributed by atoms with E-state index in [0.717, 1.165) is 19.3 Å². The minimum atomic E-state index is -0.278. The molecule has 3 heterocycles. The van der Waals surface area contributed by atoms with Gasteiger partial charge in [-0.2, -0.15) is 0 Å². The Morgan fingerprint density at radius 1 is 1.06 bits per heavy atom. The maximum absolute atomic E-state index is 12.3. The summed E-state index contributed by atoms with van der Waals surface area (Å²) in [6.45, 7) is 2.39. The van der Waals surface area contributed by atoms with Gasteiger partial charge in [-0.3, -0.25) is 0 Å². The maximum Gasteiger partial charge on any atom is 0.347 e. The van der Waals surface area contributed by atoms with Gasteiger partial charge in [0.15, 0.2) is 0 Å². The van der Waals surface area contributed by atoms with Crippen LogP contribution in [0.2, 0.25) is 0 Å². The fourth-order valence-electron chi connectivity index (χ4n) is 3.13. The molecule has 18 heavy (non-hydrogen) atoms. The molecule has 1 fully saturated rings. The highest BCUT2D eigenvalue weighted by Crippen LogP contribution is 2.44. The van der Waals surface area contributed by atoms with Crippen LogP contribution < -0.4 is 11.4 Å². The largest absolute Gasteiger partial charge is 0.347 e. The van der Waals surface area contributed by atoms with Crippen LogP contribution >= 0.6 is 23.2 Å². The number of hydrogen-bond donors (Lipinski definition) is 0. The second-order valence-corrected chi connectivity index (χ2v) is 6.01. The van der Waals surface area contributed by atoms with E-state index in [2.05, 4.69) is 0 Å². The molecule has 5 nitrogen and oxygen atoms in total. The molecule has 0 spiro atoms. The molecule has 0 unspecified atom stereocenters. The van der Waals surface area contributed by atoms with Gasteiger partial charge in [-0.25, -0.2) is 23.5 Å². The molecule has 3 aliphatic rings. The van der Waals surface area contributed by atoms with Crippen molar-refractivity contribution in [3.05, 3.63) is 21.0 Å². The predicted molar refractivity (Wildman–Crippen MR) is 69.8 cm³/mol. The molecular formula is C11H15Cl2N3O2. The van der Waals surface area contributed by atoms with Gasteiger partial charge in [0.2, 0.25) is 0 Å². The first-order valence-corrected chi connectivity index (χ1v) is 7.17. The van der Waals surface area contributed by atoms with E-state index < -0.39 is 0 Å². The van der Waals surface area contributed by atoms with Crippen molar-refractivity contribution >= 4 is 23.2 Å². The standard InChI is InChI=1S/C11H15Cl2N3O2/c1-2-5-14-10(17)15-6-3-4-7(9(13)8(6)12)16(15)11(14)18/h6-9H,2-5H2,1H3/t6-,7+,8-,9-/m1/s1. The topological polar surface area (TPSA) is 48.9 Å². The number of fused-ring (bicyclic) bond motifs is 2. The van der Waals surface area contributed by atoms with Gasteiger partial charge in [-0.15, -0.1) is 23.2 Å². The zero-order chi connectivity index (χ0) is 13.0. The number of nitrogens with zero attached hydrogens (tertiary/aromatic N) is 3. The lowest BCUT2D eigenvalue weighted by molar-refractivity contribution is 0.145. The Morgan fingerprint density at radius 2 is 1.50 bits per heavy atom. The highest BCUT2D eigenvalue weighted by atomic mass is 35.5. The fraction of sp³-hybridized carbons (Fsp3) is 0.818. The van der Waals surface area contributed by atoms with Gasteiger partial charge >= 0.3 is 11.4 Å². The van der Waals surface area contributed by atoms with Crippen LogP contribution in [0, 0.1) is 0 Å². The molecule has 0 aromatic carbocycles. The van der Waals surface area contributed by atoms with E-state index in [1.54, 1.807) is 0 Å². The lowest BCUT2D eigenvalue weighted by Gasteiger charge is -2.44. The van der Waals surface area contributed by atoms with Crippen LogP contribution in [0.25, 0.3) is 0 Å². The van der Waals surface area contributed by atoms with Crippen molar-refractivity contribution in [2.24, 2.45) is 0 Å². The summed E-state index contributed by atoms with van der Waals surface area (Å²) in [5, 5.41) is -0.556. The minimum Gasteiger partial charge on any atom is -0.246 e. The molecule has 0 radical (unpaired) electrons. The van der Waals surface area contributed by atoms with E-state index in [1.165, 1.54) is 13.9 Å². The minimum absolute atomic E-state index is 0.155. The molecule has 2 aliphatic heterocycles. The molecule has 100 valence electrons. The van der Waals surface area contributed by atoms with Crippen LogP contribution in [0.3, 0.4) is 0 Å². The summed E-state index contributed by atoms with van der Waals surface area (Å²) in [6, 6.07) is -0.310. The Balaban J connectivity index is 2.25. The first-order valence-electron chi connectivity index (χ1n) is 6.30. The third-order valence-electron chi connectivity index (χ3n) is 3.96. The maximum atomic E-state index is 12.3. The number of hydrogen-bond acceptors (Lipinski definition) is 2. The van der Waals surface area contributed by atoms with Crippen molar-refractivity contribution < 1.29 is 0 Å². The fourth-order valence-corrected chi connectivity index (χ4v) is 3.93. The third-order valence-corrected chi connectivity index (χ3v) is 5.21. The van der Waals surface area contributed by atoms with E-state index >= 15 is 0 Å². The average molecular weight is 292 g/mol. The van der Waals surface area contributed by atoms with Gasteiger partial charge in [0.25, 0.3) is 0 Å². The Labute approximate surface area is 114 Å². The van der Waals surface area contributed by atoms with Crippen LogP contribution in [0.1, 0.15) is 38.3 Å². The third kappa shape index (κ3) is 1.40. The summed E-state index contributed by atoms with van der Waals surface area (Å²) in [6.07, 6.45) is 2.39. The molecule has 1 aromatic heterocycles. The zero-order valence-electron chi connectivity index (χ0n) is 10.1. The Bertz CT molecular complexity index is 541. The quantitative estimate of drug-likeness (QED) is 0.772. The molecule has 1 saturated carbocycles. The van der Waals surface area contributed by atoms with Gasteiger partial charge in [-0.1, -0.05) is 6.92 Å². The molecule has 0 amide bonds. The molecule has 0 N–H and O–H groups in total. The van der Waals surface area contributed by atoms with Crippen molar-refractivity contribution in [1.82, 2.24) is 13.9 Å².